The molecule has 252 valence electrons. The van der Waals surface area contributed by atoms with Crippen LogP contribution in [0.25, 0.3) is 66.1 Å². The standard InChI is InChI=1S/C50H37N3/c1-2-35-21-31-49-45(33-35)43-17-9-11-19-47(43)53(49)42-29-27-41(28-30-42)51(38-13-5-3-6-14-38)40-25-22-36(23-26-40)37-24-32-50-46(34-37)44-18-10-12-20-48(44)52(50)39-15-7-4-8-16-39/h3-34H,2H2,1H3. The molecular formula is C50H37N3. The summed E-state index contributed by atoms with van der Waals surface area (Å²) in [6.07, 6.45) is 1.02. The van der Waals surface area contributed by atoms with E-state index in [1.54, 1.807) is 0 Å². The van der Waals surface area contributed by atoms with E-state index in [1.165, 1.54) is 66.0 Å². The summed E-state index contributed by atoms with van der Waals surface area (Å²) >= 11 is 0. The number of hydrogen-bond donors (Lipinski definition) is 0. The fourth-order valence-electron chi connectivity index (χ4n) is 8.10. The third-order valence-electron chi connectivity index (χ3n) is 10.7. The van der Waals surface area contributed by atoms with E-state index in [0.29, 0.717) is 0 Å². The maximum atomic E-state index is 2.39. The Morgan fingerprint density at radius 2 is 0.811 bits per heavy atom. The first-order valence-electron chi connectivity index (χ1n) is 18.4. The molecule has 53 heavy (non-hydrogen) atoms. The smallest absolute Gasteiger partial charge is 0.0541 e. The van der Waals surface area contributed by atoms with Crippen molar-refractivity contribution >= 4 is 60.7 Å². The predicted octanol–water partition coefficient (Wildman–Crippen LogP) is 13.6. The molecule has 0 spiro atoms. The Labute approximate surface area is 309 Å². The van der Waals surface area contributed by atoms with Crippen molar-refractivity contribution in [3.8, 4) is 22.5 Å². The molecule has 10 aromatic rings. The van der Waals surface area contributed by atoms with Gasteiger partial charge in [-0.2, -0.15) is 0 Å². The molecule has 0 saturated heterocycles. The summed E-state index contributed by atoms with van der Waals surface area (Å²) in [5.41, 5.74) is 14.3. The minimum Gasteiger partial charge on any atom is -0.311 e. The first-order valence-corrected chi connectivity index (χ1v) is 18.4. The van der Waals surface area contributed by atoms with Crippen molar-refractivity contribution in [2.75, 3.05) is 4.90 Å². The zero-order valence-corrected chi connectivity index (χ0v) is 29.5. The van der Waals surface area contributed by atoms with Crippen LogP contribution in [0.3, 0.4) is 0 Å². The number of fused-ring (bicyclic) bond motifs is 6. The van der Waals surface area contributed by atoms with Crippen LogP contribution in [0.15, 0.2) is 194 Å². The molecule has 0 atom stereocenters. The van der Waals surface area contributed by atoms with Crippen molar-refractivity contribution in [1.29, 1.82) is 0 Å². The predicted molar refractivity (Wildman–Crippen MR) is 225 cm³/mol. The van der Waals surface area contributed by atoms with Gasteiger partial charge in [0.25, 0.3) is 0 Å². The van der Waals surface area contributed by atoms with Gasteiger partial charge in [0.2, 0.25) is 0 Å². The molecule has 0 aliphatic rings. The van der Waals surface area contributed by atoms with E-state index in [0.717, 1.165) is 29.2 Å². The zero-order valence-electron chi connectivity index (χ0n) is 29.5. The van der Waals surface area contributed by atoms with Crippen LogP contribution in [0.4, 0.5) is 17.1 Å². The maximum Gasteiger partial charge on any atom is 0.0541 e. The lowest BCUT2D eigenvalue weighted by atomic mass is 10.0. The minimum absolute atomic E-state index is 1.02. The SMILES string of the molecule is CCc1ccc2c(c1)c1ccccc1n2-c1ccc(N(c2ccccc2)c2ccc(-c3ccc4c(c3)c3ccccc3n4-c3ccccc3)cc2)cc1. The van der Waals surface area contributed by atoms with Crippen LogP contribution < -0.4 is 4.90 Å². The lowest BCUT2D eigenvalue weighted by Gasteiger charge is -2.26. The Bertz CT molecular complexity index is 2900. The van der Waals surface area contributed by atoms with Crippen molar-refractivity contribution in [3.05, 3.63) is 200 Å². The molecule has 0 unspecified atom stereocenters. The van der Waals surface area contributed by atoms with Crippen molar-refractivity contribution in [1.82, 2.24) is 9.13 Å². The van der Waals surface area contributed by atoms with E-state index in [-0.39, 0.29) is 0 Å². The Balaban J connectivity index is 1.03. The molecule has 3 heteroatoms. The quantitative estimate of drug-likeness (QED) is 0.163. The van der Waals surface area contributed by atoms with Crippen molar-refractivity contribution in [2.24, 2.45) is 0 Å². The molecule has 0 amide bonds. The van der Waals surface area contributed by atoms with Gasteiger partial charge in [-0.15, -0.1) is 0 Å². The first-order chi connectivity index (χ1) is 26.2. The second-order valence-electron chi connectivity index (χ2n) is 13.7. The second-order valence-corrected chi connectivity index (χ2v) is 13.7. The lowest BCUT2D eigenvalue weighted by Crippen LogP contribution is -2.10. The summed E-state index contributed by atoms with van der Waals surface area (Å²) in [4.78, 5) is 2.34. The summed E-state index contributed by atoms with van der Waals surface area (Å²) < 4.78 is 4.76. The highest BCUT2D eigenvalue weighted by Crippen LogP contribution is 2.39. The Hall–Kier alpha value is -6.84. The van der Waals surface area contributed by atoms with Crippen LogP contribution >= 0.6 is 0 Å². The number of aromatic nitrogens is 2. The van der Waals surface area contributed by atoms with Gasteiger partial charge >= 0.3 is 0 Å². The summed E-state index contributed by atoms with van der Waals surface area (Å²) in [6.45, 7) is 2.22. The van der Waals surface area contributed by atoms with Crippen molar-refractivity contribution < 1.29 is 0 Å². The molecule has 0 saturated carbocycles. The third kappa shape index (κ3) is 5.20. The van der Waals surface area contributed by atoms with Gasteiger partial charge in [-0.25, -0.2) is 0 Å². The van der Waals surface area contributed by atoms with Crippen LogP contribution in [-0.4, -0.2) is 9.13 Å². The van der Waals surface area contributed by atoms with Gasteiger partial charge in [0.05, 0.1) is 22.1 Å². The molecule has 8 aromatic carbocycles. The number of rotatable bonds is 7. The van der Waals surface area contributed by atoms with E-state index in [4.69, 9.17) is 0 Å². The molecule has 0 aliphatic heterocycles. The fraction of sp³-hybridized carbons (Fsp3) is 0.0400. The van der Waals surface area contributed by atoms with Gasteiger partial charge in [0, 0.05) is 50.0 Å². The van der Waals surface area contributed by atoms with Gasteiger partial charge in [-0.05, 0) is 120 Å². The highest BCUT2D eigenvalue weighted by molar-refractivity contribution is 6.11. The third-order valence-corrected chi connectivity index (χ3v) is 10.7. The van der Waals surface area contributed by atoms with Gasteiger partial charge < -0.3 is 14.0 Å². The van der Waals surface area contributed by atoms with Gasteiger partial charge in [0.1, 0.15) is 0 Å². The highest BCUT2D eigenvalue weighted by Gasteiger charge is 2.17. The Kier molecular flexibility index (Phi) is 7.43. The summed E-state index contributed by atoms with van der Waals surface area (Å²) in [5.74, 6) is 0. The number of aryl methyl sites for hydroxylation is 1. The van der Waals surface area contributed by atoms with Crippen LogP contribution in [0.2, 0.25) is 0 Å². The largest absolute Gasteiger partial charge is 0.311 e. The molecule has 0 fully saturated rings. The average Bonchev–Trinajstić information content (AvgIpc) is 3.74. The molecule has 0 N–H and O–H groups in total. The van der Waals surface area contributed by atoms with E-state index < -0.39 is 0 Å². The highest BCUT2D eigenvalue weighted by atomic mass is 15.1. The first kappa shape index (κ1) is 30.9. The number of para-hydroxylation sites is 4. The molecule has 0 radical (unpaired) electrons. The van der Waals surface area contributed by atoms with Crippen molar-refractivity contribution in [3.63, 3.8) is 0 Å². The maximum absolute atomic E-state index is 2.39. The van der Waals surface area contributed by atoms with Gasteiger partial charge in [-0.1, -0.05) is 104 Å². The number of benzene rings is 8. The van der Waals surface area contributed by atoms with Gasteiger partial charge in [0.15, 0.2) is 0 Å². The molecule has 2 heterocycles. The molecule has 2 aromatic heterocycles. The Morgan fingerprint density at radius 1 is 0.358 bits per heavy atom. The average molecular weight is 680 g/mol. The van der Waals surface area contributed by atoms with E-state index in [1.807, 2.05) is 0 Å². The van der Waals surface area contributed by atoms with Crippen LogP contribution in [-0.2, 0) is 6.42 Å². The number of hydrogen-bond acceptors (Lipinski definition) is 1. The molecule has 3 nitrogen and oxygen atoms in total. The van der Waals surface area contributed by atoms with Crippen LogP contribution in [0, 0.1) is 0 Å². The van der Waals surface area contributed by atoms with Crippen LogP contribution in [0.5, 0.6) is 0 Å². The molecule has 10 rings (SSSR count). The van der Waals surface area contributed by atoms with E-state index >= 15 is 0 Å². The number of nitrogens with zero attached hydrogens (tertiary/aromatic N) is 3. The summed E-state index contributed by atoms with van der Waals surface area (Å²) in [6, 6.07) is 70.4. The summed E-state index contributed by atoms with van der Waals surface area (Å²) in [5, 5.41) is 5.10. The zero-order chi connectivity index (χ0) is 35.3. The fourth-order valence-corrected chi connectivity index (χ4v) is 8.10. The summed E-state index contributed by atoms with van der Waals surface area (Å²) in [7, 11) is 0. The topological polar surface area (TPSA) is 13.1 Å². The Morgan fingerprint density at radius 3 is 1.43 bits per heavy atom. The molecule has 0 bridgehead atoms. The van der Waals surface area contributed by atoms with E-state index in [9.17, 15) is 0 Å². The normalized spacial score (nSPS) is 11.6. The van der Waals surface area contributed by atoms with Gasteiger partial charge in [-0.3, -0.25) is 0 Å². The van der Waals surface area contributed by atoms with E-state index in [2.05, 4.69) is 215 Å². The van der Waals surface area contributed by atoms with Crippen LogP contribution in [0.1, 0.15) is 12.5 Å². The van der Waals surface area contributed by atoms with Crippen molar-refractivity contribution in [2.45, 2.75) is 13.3 Å². The number of anilines is 3. The molecule has 0 aliphatic carbocycles. The second kappa shape index (κ2) is 12.7. The lowest BCUT2D eigenvalue weighted by molar-refractivity contribution is 1.14. The minimum atomic E-state index is 1.02. The molecular weight excluding hydrogens is 643 g/mol. The monoisotopic (exact) mass is 679 g/mol.